The lowest BCUT2D eigenvalue weighted by atomic mass is 10.0. The molecule has 5 nitrogen and oxygen atoms in total. The van der Waals surface area contributed by atoms with Gasteiger partial charge in [0.05, 0.1) is 19.8 Å². The van der Waals surface area contributed by atoms with Gasteiger partial charge in [0.1, 0.15) is 11.5 Å². The smallest absolute Gasteiger partial charge is 0.207 e. The van der Waals surface area contributed by atoms with Crippen molar-refractivity contribution in [2.24, 2.45) is 5.92 Å². The van der Waals surface area contributed by atoms with Crippen molar-refractivity contribution < 1.29 is 14.3 Å². The van der Waals surface area contributed by atoms with Crippen molar-refractivity contribution >= 4 is 6.41 Å². The third-order valence-electron chi connectivity index (χ3n) is 3.91. The Labute approximate surface area is 168 Å². The Hall–Kier alpha value is -2.95. The molecule has 0 atom stereocenters. The first-order valence-electron chi connectivity index (χ1n) is 9.35. The highest BCUT2D eigenvalue weighted by Crippen LogP contribution is 2.27. The Balaban J connectivity index is 0.000000280. The van der Waals surface area contributed by atoms with E-state index in [4.69, 9.17) is 9.47 Å². The number of rotatable bonds is 7. The number of ether oxygens (including phenoxy) is 2. The minimum absolute atomic E-state index is 0.399. The highest BCUT2D eigenvalue weighted by molar-refractivity contribution is 5.50. The number of carbonyl (C=O) groups excluding carboxylic acids is 1. The van der Waals surface area contributed by atoms with Crippen LogP contribution in [0.25, 0.3) is 0 Å². The zero-order valence-corrected chi connectivity index (χ0v) is 17.5. The minimum Gasteiger partial charge on any atom is -0.496 e. The van der Waals surface area contributed by atoms with Crippen LogP contribution in [0.2, 0.25) is 0 Å². The second-order valence-corrected chi connectivity index (χ2v) is 6.69. The van der Waals surface area contributed by atoms with Crippen LogP contribution in [0, 0.1) is 12.8 Å². The fourth-order valence-electron chi connectivity index (χ4n) is 2.62. The van der Waals surface area contributed by atoms with Crippen LogP contribution in [0.3, 0.4) is 0 Å². The van der Waals surface area contributed by atoms with E-state index in [1.54, 1.807) is 14.2 Å². The molecule has 0 fully saturated rings. The molecule has 0 bridgehead atoms. The fraction of sp³-hybridized carbons (Fsp3) is 0.348. The Morgan fingerprint density at radius 2 is 1.61 bits per heavy atom. The topological polar surface area (TPSA) is 63.4 Å². The minimum atomic E-state index is 0.399. The third-order valence-corrected chi connectivity index (χ3v) is 3.91. The largest absolute Gasteiger partial charge is 0.496 e. The van der Waals surface area contributed by atoms with E-state index in [9.17, 15) is 4.79 Å². The number of H-pyrrole nitrogens is 1. The van der Waals surface area contributed by atoms with Gasteiger partial charge in [-0.05, 0) is 49.1 Å². The summed E-state index contributed by atoms with van der Waals surface area (Å²) in [5, 5.41) is 2.57. The lowest BCUT2D eigenvalue weighted by molar-refractivity contribution is -0.109. The number of methoxy groups -OCH3 is 2. The summed E-state index contributed by atoms with van der Waals surface area (Å²) >= 11 is 0. The maximum atomic E-state index is 10.2. The molecule has 28 heavy (non-hydrogen) atoms. The number of aromatic nitrogens is 1. The predicted molar refractivity (Wildman–Crippen MR) is 114 cm³/mol. The van der Waals surface area contributed by atoms with Crippen LogP contribution in [0.5, 0.6) is 11.5 Å². The van der Waals surface area contributed by atoms with E-state index in [1.165, 1.54) is 5.56 Å². The molecule has 0 spiro atoms. The summed E-state index contributed by atoms with van der Waals surface area (Å²) in [4.78, 5) is 13.4. The monoisotopic (exact) mass is 384 g/mol. The van der Waals surface area contributed by atoms with Gasteiger partial charge >= 0.3 is 0 Å². The molecule has 1 aromatic heterocycles. The SMILES string of the molecule is COc1cccc(OC)c1CNC=O.Cc1cccc(CC(C)C)ccc[nH]1. The first-order valence-corrected chi connectivity index (χ1v) is 9.35. The van der Waals surface area contributed by atoms with Crippen LogP contribution >= 0.6 is 0 Å². The molecule has 152 valence electrons. The van der Waals surface area contributed by atoms with Crippen LogP contribution in [-0.4, -0.2) is 25.6 Å². The highest BCUT2D eigenvalue weighted by atomic mass is 16.5. The lowest BCUT2D eigenvalue weighted by Crippen LogP contribution is -2.11. The summed E-state index contributed by atoms with van der Waals surface area (Å²) in [5.41, 5.74) is 3.38. The maximum Gasteiger partial charge on any atom is 0.207 e. The second-order valence-electron chi connectivity index (χ2n) is 6.69. The fourth-order valence-corrected chi connectivity index (χ4v) is 2.62. The molecule has 0 aliphatic carbocycles. The summed E-state index contributed by atoms with van der Waals surface area (Å²) in [6.45, 7) is 6.94. The number of aryl methyl sites for hydroxylation is 1. The molecule has 2 N–H and O–H groups in total. The number of carbonyl (C=O) groups is 1. The quantitative estimate of drug-likeness (QED) is 0.686. The lowest BCUT2D eigenvalue weighted by Gasteiger charge is -2.11. The second kappa shape index (κ2) is 13.3. The van der Waals surface area contributed by atoms with E-state index in [1.807, 2.05) is 24.4 Å². The molecule has 1 amide bonds. The number of nitrogens with one attached hydrogen (secondary N) is 2. The van der Waals surface area contributed by atoms with Crippen LogP contribution in [0.4, 0.5) is 0 Å². The summed E-state index contributed by atoms with van der Waals surface area (Å²) in [7, 11) is 3.17. The van der Waals surface area contributed by atoms with Crippen LogP contribution in [0.1, 0.15) is 30.7 Å². The van der Waals surface area contributed by atoms with Crippen LogP contribution < -0.4 is 14.8 Å². The van der Waals surface area contributed by atoms with Gasteiger partial charge in [0.15, 0.2) is 0 Å². The average Bonchev–Trinajstić information content (AvgIpc) is 2.78. The van der Waals surface area contributed by atoms with Gasteiger partial charge in [-0.2, -0.15) is 0 Å². The number of hydrogen-bond acceptors (Lipinski definition) is 3. The van der Waals surface area contributed by atoms with Crippen molar-refractivity contribution in [1.29, 1.82) is 0 Å². The maximum absolute atomic E-state index is 10.2. The van der Waals surface area contributed by atoms with Crippen LogP contribution in [-0.2, 0) is 17.8 Å². The first-order chi connectivity index (χ1) is 13.5. The van der Waals surface area contributed by atoms with Gasteiger partial charge in [-0.3, -0.25) is 4.79 Å². The first kappa shape index (κ1) is 23.1. The Morgan fingerprint density at radius 3 is 2.18 bits per heavy atom. The molecule has 1 heterocycles. The molecule has 5 heteroatoms. The molecular weight excluding hydrogens is 352 g/mol. The van der Waals surface area contributed by atoms with Crippen molar-refractivity contribution in [3.8, 4) is 11.5 Å². The normalized spacial score (nSPS) is 9.64. The number of hydrogen-bond donors (Lipinski definition) is 2. The van der Waals surface area contributed by atoms with Gasteiger partial charge in [0, 0.05) is 18.4 Å². The Morgan fingerprint density at radius 1 is 1.00 bits per heavy atom. The number of amides is 1. The van der Waals surface area contributed by atoms with Gasteiger partial charge in [0.2, 0.25) is 6.41 Å². The van der Waals surface area contributed by atoms with Crippen molar-refractivity contribution in [1.82, 2.24) is 10.3 Å². The summed E-state index contributed by atoms with van der Waals surface area (Å²) in [6, 6.07) is 16.1. The molecule has 2 rings (SSSR count). The van der Waals surface area contributed by atoms with E-state index in [-0.39, 0.29) is 0 Å². The van der Waals surface area contributed by atoms with Gasteiger partial charge in [0.25, 0.3) is 0 Å². The van der Waals surface area contributed by atoms with E-state index >= 15 is 0 Å². The Kier molecular flexibility index (Phi) is 10.9. The zero-order chi connectivity index (χ0) is 20.8. The molecule has 0 aliphatic heterocycles. The molecular formula is C23H32N2O3. The molecule has 0 saturated carbocycles. The summed E-state index contributed by atoms with van der Waals surface area (Å²) in [6.07, 6.45) is 3.75. The molecule has 1 aromatic carbocycles. The highest BCUT2D eigenvalue weighted by Gasteiger charge is 2.08. The van der Waals surface area contributed by atoms with Gasteiger partial charge < -0.3 is 19.8 Å². The van der Waals surface area contributed by atoms with Crippen molar-refractivity contribution in [3.05, 3.63) is 71.5 Å². The average molecular weight is 385 g/mol. The van der Waals surface area contributed by atoms with Crippen molar-refractivity contribution in [2.75, 3.05) is 14.2 Å². The van der Waals surface area contributed by atoms with Crippen molar-refractivity contribution in [2.45, 2.75) is 33.7 Å². The summed E-state index contributed by atoms with van der Waals surface area (Å²) in [5.74, 6) is 2.12. The molecule has 0 radical (unpaired) electrons. The summed E-state index contributed by atoms with van der Waals surface area (Å²) < 4.78 is 10.3. The number of aromatic amines is 1. The molecule has 2 aromatic rings. The van der Waals surface area contributed by atoms with Crippen molar-refractivity contribution in [3.63, 3.8) is 0 Å². The molecule has 0 saturated heterocycles. The number of benzene rings is 1. The Bertz CT molecular complexity index is 746. The third kappa shape index (κ3) is 8.62. The predicted octanol–water partition coefficient (Wildman–Crippen LogP) is 4.60. The van der Waals surface area contributed by atoms with E-state index in [0.29, 0.717) is 30.4 Å². The van der Waals surface area contributed by atoms with E-state index < -0.39 is 0 Å². The molecule has 0 aliphatic rings. The molecule has 0 unspecified atom stereocenters. The zero-order valence-electron chi connectivity index (χ0n) is 17.5. The standard InChI is InChI=1S/C13H19N.C10H13NO3/c1-11(2)10-13-7-4-6-12(3)14-9-5-8-13;1-13-9-4-3-5-10(14-2)8(9)6-11-7-12/h4-9,11,14H,10H2,1-3H3;3-5,7H,6H2,1-2H3,(H,11,12). The van der Waals surface area contributed by atoms with Gasteiger partial charge in [-0.25, -0.2) is 0 Å². The van der Waals surface area contributed by atoms with Crippen LogP contribution in [0.15, 0.2) is 54.7 Å². The van der Waals surface area contributed by atoms with E-state index in [2.05, 4.69) is 61.4 Å². The van der Waals surface area contributed by atoms with Gasteiger partial charge in [-0.15, -0.1) is 0 Å². The van der Waals surface area contributed by atoms with E-state index in [0.717, 1.165) is 17.7 Å². The van der Waals surface area contributed by atoms with Gasteiger partial charge in [-0.1, -0.05) is 38.1 Å².